The van der Waals surface area contributed by atoms with Gasteiger partial charge in [0.05, 0.1) is 5.56 Å². The first-order valence-corrected chi connectivity index (χ1v) is 7.49. The molecule has 1 heterocycles. The van der Waals surface area contributed by atoms with Crippen LogP contribution in [0.3, 0.4) is 0 Å². The van der Waals surface area contributed by atoms with Gasteiger partial charge in [-0.25, -0.2) is 0 Å². The number of rotatable bonds is 5. The molecule has 4 nitrogen and oxygen atoms in total. The zero-order chi connectivity index (χ0) is 17.0. The van der Waals surface area contributed by atoms with E-state index in [4.69, 9.17) is 5.73 Å². The van der Waals surface area contributed by atoms with Gasteiger partial charge in [0.25, 0.3) is 0 Å². The lowest BCUT2D eigenvalue weighted by Crippen LogP contribution is -2.40. The summed E-state index contributed by atoms with van der Waals surface area (Å²) in [6.07, 6.45) is -2.65. The number of likely N-dealkylation sites (tertiary alicyclic amines) is 1. The SMILES string of the molecule is NC(=O)CCN1CCC[C@@H](C(=O)c2ccc(C(F)(F)F)cc2)C1. The van der Waals surface area contributed by atoms with E-state index in [2.05, 4.69) is 0 Å². The summed E-state index contributed by atoms with van der Waals surface area (Å²) < 4.78 is 37.6. The summed E-state index contributed by atoms with van der Waals surface area (Å²) in [6.45, 7) is 1.81. The summed E-state index contributed by atoms with van der Waals surface area (Å²) in [5, 5.41) is 0. The van der Waals surface area contributed by atoms with Crippen molar-refractivity contribution in [3.05, 3.63) is 35.4 Å². The molecule has 0 saturated carbocycles. The first-order valence-electron chi connectivity index (χ1n) is 7.49. The third kappa shape index (κ3) is 4.79. The van der Waals surface area contributed by atoms with Crippen molar-refractivity contribution in [3.8, 4) is 0 Å². The zero-order valence-electron chi connectivity index (χ0n) is 12.6. The molecule has 1 aromatic carbocycles. The largest absolute Gasteiger partial charge is 0.416 e. The normalized spacial score (nSPS) is 19.5. The van der Waals surface area contributed by atoms with Crippen LogP contribution in [0.2, 0.25) is 0 Å². The molecule has 23 heavy (non-hydrogen) atoms. The van der Waals surface area contributed by atoms with Gasteiger partial charge >= 0.3 is 6.18 Å². The second-order valence-electron chi connectivity index (χ2n) is 5.80. The Labute approximate surface area is 132 Å². The summed E-state index contributed by atoms with van der Waals surface area (Å²) in [5.41, 5.74) is 4.65. The zero-order valence-corrected chi connectivity index (χ0v) is 12.6. The van der Waals surface area contributed by atoms with Crippen molar-refractivity contribution in [1.82, 2.24) is 4.90 Å². The molecule has 2 N–H and O–H groups in total. The number of nitrogens with zero attached hydrogens (tertiary/aromatic N) is 1. The van der Waals surface area contributed by atoms with Crippen molar-refractivity contribution in [2.75, 3.05) is 19.6 Å². The third-order valence-corrected chi connectivity index (χ3v) is 4.05. The van der Waals surface area contributed by atoms with Crippen molar-refractivity contribution in [3.63, 3.8) is 0 Å². The summed E-state index contributed by atoms with van der Waals surface area (Å²) in [7, 11) is 0. The van der Waals surface area contributed by atoms with Crippen molar-refractivity contribution in [2.45, 2.75) is 25.4 Å². The number of carbonyl (C=O) groups excluding carboxylic acids is 2. The van der Waals surface area contributed by atoms with Crippen LogP contribution in [0, 0.1) is 5.92 Å². The van der Waals surface area contributed by atoms with Gasteiger partial charge in [0.15, 0.2) is 5.78 Å². The van der Waals surface area contributed by atoms with Gasteiger partial charge in [-0.15, -0.1) is 0 Å². The van der Waals surface area contributed by atoms with E-state index in [0.29, 0.717) is 25.1 Å². The second-order valence-corrected chi connectivity index (χ2v) is 5.80. The minimum atomic E-state index is -4.40. The molecule has 0 aromatic heterocycles. The van der Waals surface area contributed by atoms with Crippen LogP contribution in [0.1, 0.15) is 35.2 Å². The molecular formula is C16H19F3N2O2. The fraction of sp³-hybridized carbons (Fsp3) is 0.500. The number of halogens is 3. The second kappa shape index (κ2) is 7.12. The number of primary amides is 1. The van der Waals surface area contributed by atoms with Gasteiger partial charge in [0.1, 0.15) is 0 Å². The number of benzene rings is 1. The third-order valence-electron chi connectivity index (χ3n) is 4.05. The molecule has 1 amide bonds. The molecule has 0 aliphatic carbocycles. The number of nitrogens with two attached hydrogens (primary N) is 1. The van der Waals surface area contributed by atoms with Crippen LogP contribution in [0.25, 0.3) is 0 Å². The molecule has 0 unspecified atom stereocenters. The lowest BCUT2D eigenvalue weighted by Gasteiger charge is -2.31. The van der Waals surface area contributed by atoms with E-state index in [1.807, 2.05) is 4.90 Å². The fourth-order valence-electron chi connectivity index (χ4n) is 2.80. The number of amides is 1. The molecule has 1 aromatic rings. The standard InChI is InChI=1S/C16H19F3N2O2/c17-16(18,19)13-5-3-11(4-6-13)15(23)12-2-1-8-21(10-12)9-7-14(20)22/h3-6,12H,1-2,7-10H2,(H2,20,22)/t12-/m1/s1. The molecule has 7 heteroatoms. The predicted octanol–water partition coefficient (Wildman–Crippen LogP) is 2.48. The number of piperidine rings is 1. The highest BCUT2D eigenvalue weighted by Crippen LogP contribution is 2.30. The number of hydrogen-bond donors (Lipinski definition) is 1. The molecule has 0 bridgehead atoms. The van der Waals surface area contributed by atoms with Gasteiger partial charge < -0.3 is 10.6 Å². The molecule has 0 spiro atoms. The molecule has 1 saturated heterocycles. The number of carbonyl (C=O) groups is 2. The smallest absolute Gasteiger partial charge is 0.370 e. The first kappa shape index (κ1) is 17.5. The van der Waals surface area contributed by atoms with Crippen LogP contribution < -0.4 is 5.73 Å². The van der Waals surface area contributed by atoms with Crippen LogP contribution in [-0.2, 0) is 11.0 Å². The van der Waals surface area contributed by atoms with E-state index in [-0.39, 0.29) is 24.0 Å². The molecule has 1 fully saturated rings. The Kier molecular flexibility index (Phi) is 5.41. The summed E-state index contributed by atoms with van der Waals surface area (Å²) in [5.74, 6) is -0.794. The Hall–Kier alpha value is -1.89. The maximum Gasteiger partial charge on any atom is 0.416 e. The highest BCUT2D eigenvalue weighted by molar-refractivity contribution is 5.98. The number of alkyl halides is 3. The average Bonchev–Trinajstić information content (AvgIpc) is 2.52. The number of hydrogen-bond acceptors (Lipinski definition) is 3. The minimum Gasteiger partial charge on any atom is -0.370 e. The number of ketones is 1. The molecule has 1 aliphatic heterocycles. The Balaban J connectivity index is 2.00. The Bertz CT molecular complexity index is 570. The van der Waals surface area contributed by atoms with Gasteiger partial charge in [-0.3, -0.25) is 9.59 Å². The van der Waals surface area contributed by atoms with Crippen LogP contribution in [0.4, 0.5) is 13.2 Å². The van der Waals surface area contributed by atoms with Gasteiger partial charge in [0, 0.05) is 31.0 Å². The fourth-order valence-corrected chi connectivity index (χ4v) is 2.80. The van der Waals surface area contributed by atoms with E-state index in [1.54, 1.807) is 0 Å². The quantitative estimate of drug-likeness (QED) is 0.845. The van der Waals surface area contributed by atoms with Crippen molar-refractivity contribution < 1.29 is 22.8 Å². The minimum absolute atomic E-state index is 0.150. The lowest BCUT2D eigenvalue weighted by molar-refractivity contribution is -0.137. The van der Waals surface area contributed by atoms with Gasteiger partial charge in [0.2, 0.25) is 5.91 Å². The van der Waals surface area contributed by atoms with Crippen LogP contribution >= 0.6 is 0 Å². The number of Topliss-reactive ketones (excluding diaryl/α,β-unsaturated/α-hetero) is 1. The van der Waals surface area contributed by atoms with Gasteiger partial charge in [-0.2, -0.15) is 13.2 Å². The molecule has 126 valence electrons. The predicted molar refractivity (Wildman–Crippen MR) is 78.7 cm³/mol. The molecule has 1 atom stereocenters. The van der Waals surface area contributed by atoms with Crippen LogP contribution in [0.5, 0.6) is 0 Å². The Morgan fingerprint density at radius 1 is 1.22 bits per heavy atom. The van der Waals surface area contributed by atoms with Crippen molar-refractivity contribution >= 4 is 11.7 Å². The average molecular weight is 328 g/mol. The van der Waals surface area contributed by atoms with E-state index in [9.17, 15) is 22.8 Å². The van der Waals surface area contributed by atoms with Crippen LogP contribution in [0.15, 0.2) is 24.3 Å². The Morgan fingerprint density at radius 3 is 2.43 bits per heavy atom. The summed E-state index contributed by atoms with van der Waals surface area (Å²) >= 11 is 0. The van der Waals surface area contributed by atoms with E-state index < -0.39 is 11.7 Å². The van der Waals surface area contributed by atoms with Crippen LogP contribution in [-0.4, -0.2) is 36.2 Å². The maximum atomic E-state index is 12.5. The summed E-state index contributed by atoms with van der Waals surface area (Å²) in [4.78, 5) is 25.3. The Morgan fingerprint density at radius 2 is 1.87 bits per heavy atom. The van der Waals surface area contributed by atoms with E-state index in [0.717, 1.165) is 25.1 Å². The topological polar surface area (TPSA) is 63.4 Å². The van der Waals surface area contributed by atoms with Crippen molar-refractivity contribution in [1.29, 1.82) is 0 Å². The first-order chi connectivity index (χ1) is 10.8. The molecule has 1 aliphatic rings. The highest BCUT2D eigenvalue weighted by Gasteiger charge is 2.31. The monoisotopic (exact) mass is 328 g/mol. The maximum absolute atomic E-state index is 12.5. The molecule has 0 radical (unpaired) electrons. The van der Waals surface area contributed by atoms with Crippen molar-refractivity contribution in [2.24, 2.45) is 11.7 Å². The van der Waals surface area contributed by atoms with Gasteiger partial charge in [-0.05, 0) is 31.5 Å². The van der Waals surface area contributed by atoms with E-state index >= 15 is 0 Å². The lowest BCUT2D eigenvalue weighted by atomic mass is 9.89. The van der Waals surface area contributed by atoms with Gasteiger partial charge in [-0.1, -0.05) is 12.1 Å². The molecular weight excluding hydrogens is 309 g/mol. The summed E-state index contributed by atoms with van der Waals surface area (Å²) in [6, 6.07) is 4.32. The highest BCUT2D eigenvalue weighted by atomic mass is 19.4. The molecule has 2 rings (SSSR count). The van der Waals surface area contributed by atoms with E-state index in [1.165, 1.54) is 12.1 Å².